The van der Waals surface area contributed by atoms with Gasteiger partial charge >= 0.3 is 11.9 Å². The summed E-state index contributed by atoms with van der Waals surface area (Å²) in [5.74, 6) is -1.79. The predicted molar refractivity (Wildman–Crippen MR) is 45.3 cm³/mol. The highest BCUT2D eigenvalue weighted by Gasteiger charge is 2.35. The molecule has 1 atom stereocenters. The van der Waals surface area contributed by atoms with E-state index in [1.165, 1.54) is 6.08 Å². The van der Waals surface area contributed by atoms with E-state index in [0.717, 1.165) is 0 Å². The van der Waals surface area contributed by atoms with Crippen molar-refractivity contribution in [3.8, 4) is 0 Å². The molecule has 0 radical (unpaired) electrons. The summed E-state index contributed by atoms with van der Waals surface area (Å²) in [5.41, 5.74) is -0.447. The molecule has 0 aromatic rings. The molecule has 0 fully saturated rings. The van der Waals surface area contributed by atoms with Crippen LogP contribution in [0.5, 0.6) is 0 Å². The van der Waals surface area contributed by atoms with E-state index in [1.807, 2.05) is 0 Å². The van der Waals surface area contributed by atoms with Gasteiger partial charge in [-0.15, -0.1) is 0 Å². The highest BCUT2D eigenvalue weighted by atomic mass is 16.4. The van der Waals surface area contributed by atoms with Gasteiger partial charge in [-0.3, -0.25) is 4.79 Å². The predicted octanol–water partition coefficient (Wildman–Crippen LogP) is 1.27. The Morgan fingerprint density at radius 2 is 2.08 bits per heavy atom. The Kier molecular flexibility index (Phi) is 2.40. The van der Waals surface area contributed by atoms with E-state index in [0.29, 0.717) is 24.8 Å². The summed E-state index contributed by atoms with van der Waals surface area (Å²) in [5, 5.41) is 17.5. The molecule has 1 aliphatic carbocycles. The zero-order chi connectivity index (χ0) is 10.1. The lowest BCUT2D eigenvalue weighted by Gasteiger charge is -2.27. The summed E-state index contributed by atoms with van der Waals surface area (Å²) in [6.45, 7) is 1.64. The van der Waals surface area contributed by atoms with E-state index in [9.17, 15) is 9.59 Å². The molecule has 0 heterocycles. The topological polar surface area (TPSA) is 74.6 Å². The molecule has 1 aliphatic rings. The third-order valence-electron chi connectivity index (χ3n) is 2.54. The third kappa shape index (κ3) is 1.88. The van der Waals surface area contributed by atoms with E-state index in [4.69, 9.17) is 10.2 Å². The molecule has 0 aromatic heterocycles. The van der Waals surface area contributed by atoms with E-state index >= 15 is 0 Å². The van der Waals surface area contributed by atoms with Crippen molar-refractivity contribution in [1.82, 2.24) is 0 Å². The maximum atomic E-state index is 10.8. The molecule has 0 aliphatic heterocycles. The van der Waals surface area contributed by atoms with Crippen LogP contribution in [-0.4, -0.2) is 22.2 Å². The van der Waals surface area contributed by atoms with Crippen molar-refractivity contribution in [2.24, 2.45) is 5.41 Å². The van der Waals surface area contributed by atoms with Gasteiger partial charge in [0.25, 0.3) is 0 Å². The first-order valence-corrected chi connectivity index (χ1v) is 4.11. The minimum absolute atomic E-state index is 0.309. The molecule has 0 saturated heterocycles. The summed E-state index contributed by atoms with van der Waals surface area (Å²) in [7, 11) is 0. The lowest BCUT2D eigenvalue weighted by atomic mass is 9.77. The second-order valence-electron chi connectivity index (χ2n) is 3.60. The zero-order valence-corrected chi connectivity index (χ0v) is 7.41. The van der Waals surface area contributed by atoms with Crippen molar-refractivity contribution < 1.29 is 19.8 Å². The first-order chi connectivity index (χ1) is 5.96. The Morgan fingerprint density at radius 1 is 1.46 bits per heavy atom. The number of carboxylic acids is 2. The van der Waals surface area contributed by atoms with Gasteiger partial charge in [0.1, 0.15) is 0 Å². The quantitative estimate of drug-likeness (QED) is 0.677. The molecule has 4 nitrogen and oxygen atoms in total. The highest BCUT2D eigenvalue weighted by molar-refractivity contribution is 5.87. The van der Waals surface area contributed by atoms with E-state index < -0.39 is 17.4 Å². The minimum Gasteiger partial charge on any atom is -0.481 e. The second-order valence-corrected chi connectivity index (χ2v) is 3.60. The van der Waals surface area contributed by atoms with Crippen molar-refractivity contribution >= 4 is 11.9 Å². The van der Waals surface area contributed by atoms with Crippen LogP contribution in [0.25, 0.3) is 0 Å². The number of allylic oxidation sites excluding steroid dienone is 1. The lowest BCUT2D eigenvalue weighted by Crippen LogP contribution is -2.30. The summed E-state index contributed by atoms with van der Waals surface area (Å²) >= 11 is 0. The number of aliphatic carboxylic acids is 2. The van der Waals surface area contributed by atoms with Crippen LogP contribution in [-0.2, 0) is 9.59 Å². The van der Waals surface area contributed by atoms with Crippen molar-refractivity contribution in [3.63, 3.8) is 0 Å². The van der Waals surface area contributed by atoms with Gasteiger partial charge in [-0.05, 0) is 26.2 Å². The first-order valence-electron chi connectivity index (χ1n) is 4.11. The van der Waals surface area contributed by atoms with Gasteiger partial charge < -0.3 is 10.2 Å². The molecule has 0 saturated carbocycles. The van der Waals surface area contributed by atoms with Crippen LogP contribution in [0, 0.1) is 5.41 Å². The molecule has 72 valence electrons. The normalized spacial score (nSPS) is 27.9. The van der Waals surface area contributed by atoms with Crippen LogP contribution in [0.15, 0.2) is 11.6 Å². The van der Waals surface area contributed by atoms with Crippen molar-refractivity contribution in [2.75, 3.05) is 0 Å². The van der Waals surface area contributed by atoms with Crippen LogP contribution in [0.2, 0.25) is 0 Å². The molecular formula is C9H12O4. The summed E-state index contributed by atoms with van der Waals surface area (Å²) < 4.78 is 0. The van der Waals surface area contributed by atoms with E-state index in [1.54, 1.807) is 6.92 Å². The molecule has 0 aromatic carbocycles. The maximum Gasteiger partial charge on any atom is 0.331 e. The molecule has 0 spiro atoms. The number of hydrogen-bond donors (Lipinski definition) is 2. The summed E-state index contributed by atoms with van der Waals surface area (Å²) in [6, 6.07) is 0. The van der Waals surface area contributed by atoms with Gasteiger partial charge in [0.15, 0.2) is 0 Å². The average molecular weight is 184 g/mol. The monoisotopic (exact) mass is 184 g/mol. The molecule has 0 amide bonds. The number of rotatable bonds is 2. The van der Waals surface area contributed by atoms with Crippen LogP contribution in [0.4, 0.5) is 0 Å². The molecule has 2 N–H and O–H groups in total. The van der Waals surface area contributed by atoms with E-state index in [-0.39, 0.29) is 0 Å². The smallest absolute Gasteiger partial charge is 0.331 e. The van der Waals surface area contributed by atoms with Crippen LogP contribution in [0.3, 0.4) is 0 Å². The number of carboxylic acid groups (broad SMARTS) is 2. The first kappa shape index (κ1) is 9.77. The highest BCUT2D eigenvalue weighted by Crippen LogP contribution is 2.35. The van der Waals surface area contributed by atoms with Gasteiger partial charge in [-0.1, -0.05) is 6.08 Å². The summed E-state index contributed by atoms with van der Waals surface area (Å²) in [6.07, 6.45) is 2.57. The average Bonchev–Trinajstić information content (AvgIpc) is 2.04. The fraction of sp³-hybridized carbons (Fsp3) is 0.556. The minimum atomic E-state index is -0.938. The summed E-state index contributed by atoms with van der Waals surface area (Å²) in [4.78, 5) is 21.3. The van der Waals surface area contributed by atoms with Crippen molar-refractivity contribution in [1.29, 1.82) is 0 Å². The van der Waals surface area contributed by atoms with Crippen LogP contribution in [0.1, 0.15) is 26.2 Å². The Balaban J connectivity index is 2.76. The molecule has 4 heteroatoms. The van der Waals surface area contributed by atoms with Gasteiger partial charge in [0.05, 0.1) is 5.41 Å². The molecule has 13 heavy (non-hydrogen) atoms. The SMILES string of the molecule is CC1(C(=O)O)CC=C(C(=O)O)CC1. The number of hydrogen-bond acceptors (Lipinski definition) is 2. The molecule has 0 bridgehead atoms. The Bertz CT molecular complexity index is 279. The fourth-order valence-corrected chi connectivity index (χ4v) is 1.35. The largest absolute Gasteiger partial charge is 0.481 e. The van der Waals surface area contributed by atoms with Crippen LogP contribution >= 0.6 is 0 Å². The molecule has 1 unspecified atom stereocenters. The van der Waals surface area contributed by atoms with Gasteiger partial charge in [-0.2, -0.15) is 0 Å². The Morgan fingerprint density at radius 3 is 2.38 bits per heavy atom. The fourth-order valence-electron chi connectivity index (χ4n) is 1.35. The van der Waals surface area contributed by atoms with E-state index in [2.05, 4.69) is 0 Å². The van der Waals surface area contributed by atoms with Crippen LogP contribution < -0.4 is 0 Å². The molecule has 1 rings (SSSR count). The molecular weight excluding hydrogens is 172 g/mol. The Hall–Kier alpha value is -1.32. The van der Waals surface area contributed by atoms with Gasteiger partial charge in [0.2, 0.25) is 0 Å². The standard InChI is InChI=1S/C9H12O4/c1-9(8(12)13)4-2-6(3-5-9)7(10)11/h2H,3-5H2,1H3,(H,10,11)(H,12,13). The van der Waals surface area contributed by atoms with Gasteiger partial charge in [-0.25, -0.2) is 4.79 Å². The third-order valence-corrected chi connectivity index (χ3v) is 2.54. The van der Waals surface area contributed by atoms with Crippen molar-refractivity contribution in [3.05, 3.63) is 11.6 Å². The zero-order valence-electron chi connectivity index (χ0n) is 7.41. The second kappa shape index (κ2) is 3.20. The maximum absolute atomic E-state index is 10.8. The van der Waals surface area contributed by atoms with Crippen molar-refractivity contribution in [2.45, 2.75) is 26.2 Å². The Labute approximate surface area is 75.9 Å². The number of carbonyl (C=O) groups is 2. The lowest BCUT2D eigenvalue weighted by molar-refractivity contribution is -0.148. The van der Waals surface area contributed by atoms with Gasteiger partial charge in [0, 0.05) is 5.57 Å².